The smallest absolute Gasteiger partial charge is 0.302 e. The Balaban J connectivity index is 1.38. The van der Waals surface area contributed by atoms with Gasteiger partial charge in [-0.25, -0.2) is 0 Å². The molecule has 0 radical (unpaired) electrons. The number of rotatable bonds is 6. The molecule has 0 aromatic heterocycles. The van der Waals surface area contributed by atoms with Crippen molar-refractivity contribution < 1.29 is 29.0 Å². The van der Waals surface area contributed by atoms with Gasteiger partial charge in [0.25, 0.3) is 0 Å². The summed E-state index contributed by atoms with van der Waals surface area (Å²) < 4.78 is 11.7. The summed E-state index contributed by atoms with van der Waals surface area (Å²) in [7, 11) is 0. The first-order valence-electron chi connectivity index (χ1n) is 18.5. The predicted molar refractivity (Wildman–Crippen MR) is 185 cm³/mol. The third-order valence-electron chi connectivity index (χ3n) is 15.4. The van der Waals surface area contributed by atoms with Gasteiger partial charge >= 0.3 is 11.9 Å². The predicted octanol–water partition coefficient (Wildman–Crippen LogP) is 7.55. The highest BCUT2D eigenvalue weighted by Crippen LogP contribution is 2.76. The van der Waals surface area contributed by atoms with Gasteiger partial charge < -0.3 is 19.9 Å². The lowest BCUT2D eigenvalue weighted by atomic mass is 9.33. The van der Waals surface area contributed by atoms with Gasteiger partial charge in [0.15, 0.2) is 0 Å². The third-order valence-corrected chi connectivity index (χ3v) is 15.4. The highest BCUT2D eigenvalue weighted by molar-refractivity contribution is 5.84. The fourth-order valence-electron chi connectivity index (χ4n) is 12.5. The van der Waals surface area contributed by atoms with Crippen molar-refractivity contribution in [1.82, 2.24) is 5.32 Å². The van der Waals surface area contributed by atoms with Crippen molar-refractivity contribution in [2.75, 3.05) is 6.61 Å². The topological polar surface area (TPSA) is 102 Å². The standard InChI is InChI=1S/C41H59NO6/c1-26-16-21-41(35(45)42-24-29-12-10-9-11-13-29)23-22-38(6)30(34(41)40(26,8)46)14-15-32-36(4)19-18-33(48-28(3)44)37(5,25-47-27(2)43)31(36)17-20-39(32,38)7/h9-14,26,31-34,46H,15-25H2,1-8H3,(H,42,45)/t26-,31-,32-,33+,34-,36+,37+,38-,39-,40-,41+/m1/s1. The van der Waals surface area contributed by atoms with Gasteiger partial charge in [0.05, 0.1) is 11.0 Å². The number of allylic oxidation sites excluding steroid dienone is 1. The van der Waals surface area contributed by atoms with E-state index in [0.29, 0.717) is 12.5 Å². The maximum absolute atomic E-state index is 14.5. The summed E-state index contributed by atoms with van der Waals surface area (Å²) in [6.45, 7) is 17.4. The van der Waals surface area contributed by atoms with Gasteiger partial charge in [-0.3, -0.25) is 14.4 Å². The van der Waals surface area contributed by atoms with Crippen LogP contribution >= 0.6 is 0 Å². The second kappa shape index (κ2) is 12.0. The van der Waals surface area contributed by atoms with E-state index in [9.17, 15) is 19.5 Å². The Morgan fingerprint density at radius 1 is 0.875 bits per heavy atom. The van der Waals surface area contributed by atoms with E-state index in [0.717, 1.165) is 63.4 Å². The molecule has 0 aliphatic heterocycles. The van der Waals surface area contributed by atoms with E-state index in [-0.39, 0.29) is 64.6 Å². The molecule has 0 heterocycles. The molecule has 5 aliphatic carbocycles. The molecule has 1 amide bonds. The van der Waals surface area contributed by atoms with Crippen LogP contribution in [-0.2, 0) is 30.4 Å². The van der Waals surface area contributed by atoms with Crippen LogP contribution < -0.4 is 5.32 Å². The van der Waals surface area contributed by atoms with E-state index in [4.69, 9.17) is 9.47 Å². The molecular formula is C41H59NO6. The number of carbonyl (C=O) groups is 3. The van der Waals surface area contributed by atoms with E-state index in [1.165, 1.54) is 19.4 Å². The lowest BCUT2D eigenvalue weighted by Crippen LogP contribution is -2.69. The number of hydrogen-bond donors (Lipinski definition) is 2. The van der Waals surface area contributed by atoms with Crippen LogP contribution in [0.25, 0.3) is 0 Å². The lowest BCUT2D eigenvalue weighted by Gasteiger charge is -2.72. The zero-order chi connectivity index (χ0) is 34.9. The van der Waals surface area contributed by atoms with Crippen LogP contribution in [0.3, 0.4) is 0 Å². The van der Waals surface area contributed by atoms with Crippen molar-refractivity contribution in [2.45, 2.75) is 131 Å². The molecular weight excluding hydrogens is 602 g/mol. The average molecular weight is 662 g/mol. The largest absolute Gasteiger partial charge is 0.465 e. The van der Waals surface area contributed by atoms with Gasteiger partial charge in [0.1, 0.15) is 12.7 Å². The van der Waals surface area contributed by atoms with Crippen molar-refractivity contribution in [3.8, 4) is 0 Å². The molecule has 7 heteroatoms. The van der Waals surface area contributed by atoms with E-state index in [1.54, 1.807) is 0 Å². The van der Waals surface area contributed by atoms with Crippen molar-refractivity contribution in [1.29, 1.82) is 0 Å². The number of benzene rings is 1. The quantitative estimate of drug-likeness (QED) is 0.241. The first-order chi connectivity index (χ1) is 22.5. The second-order valence-corrected chi connectivity index (χ2v) is 17.6. The number of ether oxygens (including phenoxy) is 2. The van der Waals surface area contributed by atoms with Crippen LogP contribution in [0.1, 0.15) is 119 Å². The fraction of sp³-hybridized carbons (Fsp3) is 0.732. The molecule has 1 aromatic rings. The van der Waals surface area contributed by atoms with Crippen molar-refractivity contribution in [2.24, 2.45) is 50.7 Å². The number of aliphatic hydroxyl groups is 1. The van der Waals surface area contributed by atoms with Gasteiger partial charge in [-0.15, -0.1) is 0 Å². The number of fused-ring (bicyclic) bond motifs is 7. The third kappa shape index (κ3) is 5.10. The Morgan fingerprint density at radius 3 is 2.25 bits per heavy atom. The fourth-order valence-corrected chi connectivity index (χ4v) is 12.5. The summed E-state index contributed by atoms with van der Waals surface area (Å²) in [6.07, 6.45) is 9.95. The van der Waals surface area contributed by atoms with Gasteiger partial charge in [-0.2, -0.15) is 0 Å². The molecule has 0 saturated heterocycles. The molecule has 11 atom stereocenters. The lowest BCUT2D eigenvalue weighted by molar-refractivity contribution is -0.230. The Hall–Kier alpha value is -2.67. The van der Waals surface area contributed by atoms with Crippen LogP contribution in [0.15, 0.2) is 42.0 Å². The monoisotopic (exact) mass is 661 g/mol. The minimum atomic E-state index is -1.01. The molecule has 264 valence electrons. The maximum Gasteiger partial charge on any atom is 0.302 e. The molecule has 4 saturated carbocycles. The van der Waals surface area contributed by atoms with E-state index < -0.39 is 16.4 Å². The van der Waals surface area contributed by atoms with Crippen LogP contribution in [-0.4, -0.2) is 41.3 Å². The van der Waals surface area contributed by atoms with Crippen LogP contribution in [0, 0.1) is 50.7 Å². The van der Waals surface area contributed by atoms with Crippen LogP contribution in [0.5, 0.6) is 0 Å². The Bertz CT molecular complexity index is 1470. The Labute approximate surface area is 288 Å². The molecule has 5 aliphatic rings. The van der Waals surface area contributed by atoms with Crippen molar-refractivity contribution >= 4 is 17.8 Å². The van der Waals surface area contributed by atoms with Gasteiger partial charge in [-0.1, -0.05) is 76.6 Å². The first kappa shape index (κ1) is 35.2. The highest BCUT2D eigenvalue weighted by atomic mass is 16.6. The molecule has 1 aromatic carbocycles. The van der Waals surface area contributed by atoms with Gasteiger partial charge in [0.2, 0.25) is 5.91 Å². The summed E-state index contributed by atoms with van der Waals surface area (Å²) in [5, 5.41) is 15.8. The molecule has 6 rings (SSSR count). The average Bonchev–Trinajstić information content (AvgIpc) is 3.03. The normalized spacial score (nSPS) is 44.9. The number of carbonyl (C=O) groups excluding carboxylic acids is 3. The molecule has 7 nitrogen and oxygen atoms in total. The number of nitrogens with one attached hydrogen (secondary N) is 1. The summed E-state index contributed by atoms with van der Waals surface area (Å²) in [5.74, 6) is -0.113. The zero-order valence-electron chi connectivity index (χ0n) is 30.6. The molecule has 48 heavy (non-hydrogen) atoms. The van der Waals surface area contributed by atoms with Gasteiger partial charge in [-0.05, 0) is 104 Å². The van der Waals surface area contributed by atoms with Gasteiger partial charge in [0, 0.05) is 31.7 Å². The minimum absolute atomic E-state index is 0.0532. The van der Waals surface area contributed by atoms with Crippen molar-refractivity contribution in [3.63, 3.8) is 0 Å². The van der Waals surface area contributed by atoms with E-state index in [2.05, 4.69) is 46.0 Å². The molecule has 4 fully saturated rings. The SMILES string of the molecule is CC(=O)OC[C@@]1(C)[C@@H]2CC[C@]3(C)[C@H](CC=C4[C@H]5[C@](C(=O)NCc6ccccc6)(CC[C@@H](C)[C@@]5(C)O)CC[C@]43C)[C@@]2(C)CC[C@@H]1OC(C)=O. The summed E-state index contributed by atoms with van der Waals surface area (Å²) in [4.78, 5) is 38.8. The summed E-state index contributed by atoms with van der Waals surface area (Å²) >= 11 is 0. The second-order valence-electron chi connectivity index (χ2n) is 17.6. The van der Waals surface area contributed by atoms with E-state index >= 15 is 0 Å². The molecule has 0 bridgehead atoms. The van der Waals surface area contributed by atoms with Crippen LogP contribution in [0.2, 0.25) is 0 Å². The summed E-state index contributed by atoms with van der Waals surface area (Å²) in [6, 6.07) is 10.1. The number of amides is 1. The zero-order valence-corrected chi connectivity index (χ0v) is 30.6. The van der Waals surface area contributed by atoms with Crippen molar-refractivity contribution in [3.05, 3.63) is 47.5 Å². The van der Waals surface area contributed by atoms with E-state index in [1.807, 2.05) is 37.3 Å². The molecule has 0 unspecified atom stereocenters. The first-order valence-corrected chi connectivity index (χ1v) is 18.5. The molecule has 0 spiro atoms. The van der Waals surface area contributed by atoms with Crippen LogP contribution in [0.4, 0.5) is 0 Å². The highest BCUT2D eigenvalue weighted by Gasteiger charge is 2.71. The Kier molecular flexibility index (Phi) is 8.78. The minimum Gasteiger partial charge on any atom is -0.465 e. The molecule has 2 N–H and O–H groups in total. The number of esters is 2. The maximum atomic E-state index is 14.5. The number of hydrogen-bond acceptors (Lipinski definition) is 6. The summed E-state index contributed by atoms with van der Waals surface area (Å²) in [5.41, 5.74) is -0.0598. The Morgan fingerprint density at radius 2 is 1.58 bits per heavy atom.